The lowest BCUT2D eigenvalue weighted by Crippen LogP contribution is -2.44. The van der Waals surface area contributed by atoms with Crippen LogP contribution in [0, 0.1) is 0 Å². The number of ether oxygens (including phenoxy) is 2. The van der Waals surface area contributed by atoms with Crippen LogP contribution in [0.25, 0.3) is 10.8 Å². The van der Waals surface area contributed by atoms with Crippen molar-refractivity contribution in [1.29, 1.82) is 0 Å². The average molecular weight is 378 g/mol. The smallest absolute Gasteiger partial charge is 0.343 e. The van der Waals surface area contributed by atoms with Gasteiger partial charge in [-0.25, -0.2) is 4.79 Å². The third kappa shape index (κ3) is 3.44. The Bertz CT molecular complexity index is 851. The van der Waals surface area contributed by atoms with Crippen molar-refractivity contribution in [1.82, 2.24) is 0 Å². The summed E-state index contributed by atoms with van der Waals surface area (Å²) in [7, 11) is 0.665. The van der Waals surface area contributed by atoms with Crippen LogP contribution in [0.3, 0.4) is 0 Å². The minimum Gasteiger partial charge on any atom is -0.543 e. The van der Waals surface area contributed by atoms with Gasteiger partial charge in [0.2, 0.25) is 0 Å². The van der Waals surface area contributed by atoms with Crippen molar-refractivity contribution in [3.63, 3.8) is 0 Å². The SMILES string of the molecule is COc1cc(OC)c2c(O)c(C(=O)O)c(O[Si](C)(C)C(C)(C)C)cc2c1. The Hall–Kier alpha value is -2.41. The quantitative estimate of drug-likeness (QED) is 0.737. The standard InChI is InChI=1S/C19H26O6Si/c1-19(2,3)26(6,7)25-14-9-11-8-12(23-4)10-13(24-5)15(11)17(20)16(14)18(21)22/h8-10,20H,1-7H3,(H,21,22). The molecule has 0 aliphatic rings. The highest BCUT2D eigenvalue weighted by atomic mass is 28.4. The molecule has 0 unspecified atom stereocenters. The molecule has 0 aliphatic carbocycles. The molecule has 6 nitrogen and oxygen atoms in total. The molecule has 2 N–H and O–H groups in total. The van der Waals surface area contributed by atoms with Crippen LogP contribution in [0.15, 0.2) is 18.2 Å². The maximum atomic E-state index is 11.9. The Balaban J connectivity index is 2.82. The number of carboxylic acid groups (broad SMARTS) is 1. The van der Waals surface area contributed by atoms with Crippen LogP contribution >= 0.6 is 0 Å². The molecule has 0 amide bonds. The van der Waals surface area contributed by atoms with Gasteiger partial charge in [-0.15, -0.1) is 0 Å². The molecule has 2 aromatic carbocycles. The molecule has 0 atom stereocenters. The van der Waals surface area contributed by atoms with E-state index in [0.29, 0.717) is 22.3 Å². The summed E-state index contributed by atoms with van der Waals surface area (Å²) in [6.45, 7) is 10.2. The number of aromatic hydroxyl groups is 1. The third-order valence-electron chi connectivity index (χ3n) is 4.95. The summed E-state index contributed by atoms with van der Waals surface area (Å²) in [6.07, 6.45) is 0. The minimum absolute atomic E-state index is 0.126. The molecule has 26 heavy (non-hydrogen) atoms. The van der Waals surface area contributed by atoms with Crippen molar-refractivity contribution in [3.8, 4) is 23.0 Å². The van der Waals surface area contributed by atoms with E-state index in [9.17, 15) is 15.0 Å². The van der Waals surface area contributed by atoms with Gasteiger partial charge in [-0.05, 0) is 35.7 Å². The first-order valence-electron chi connectivity index (χ1n) is 8.27. The number of methoxy groups -OCH3 is 2. The van der Waals surface area contributed by atoms with Crippen LogP contribution in [0.4, 0.5) is 0 Å². The van der Waals surface area contributed by atoms with Gasteiger partial charge in [0.1, 0.15) is 28.6 Å². The number of hydrogen-bond donors (Lipinski definition) is 2. The van der Waals surface area contributed by atoms with Gasteiger partial charge >= 0.3 is 5.97 Å². The molecule has 142 valence electrons. The molecule has 0 saturated heterocycles. The Labute approximate surface area is 154 Å². The molecule has 0 aromatic heterocycles. The van der Waals surface area contributed by atoms with Gasteiger partial charge in [-0.1, -0.05) is 20.8 Å². The van der Waals surface area contributed by atoms with Crippen molar-refractivity contribution in [3.05, 3.63) is 23.8 Å². The largest absolute Gasteiger partial charge is 0.543 e. The van der Waals surface area contributed by atoms with Crippen LogP contribution in [0.2, 0.25) is 18.1 Å². The van der Waals surface area contributed by atoms with Crippen LogP contribution in [-0.2, 0) is 0 Å². The summed E-state index contributed by atoms with van der Waals surface area (Å²) in [5.74, 6) is -0.600. The zero-order valence-electron chi connectivity index (χ0n) is 16.3. The van der Waals surface area contributed by atoms with Gasteiger partial charge in [0.25, 0.3) is 8.32 Å². The van der Waals surface area contributed by atoms with Crippen molar-refractivity contribution in [2.24, 2.45) is 0 Å². The average Bonchev–Trinajstić information content (AvgIpc) is 2.51. The van der Waals surface area contributed by atoms with E-state index in [-0.39, 0.29) is 22.1 Å². The second-order valence-corrected chi connectivity index (χ2v) is 12.4. The van der Waals surface area contributed by atoms with E-state index in [1.807, 2.05) is 13.1 Å². The Morgan fingerprint density at radius 1 is 1.04 bits per heavy atom. The second-order valence-electron chi connectivity index (χ2n) is 7.69. The predicted molar refractivity (Wildman–Crippen MR) is 104 cm³/mol. The first-order valence-corrected chi connectivity index (χ1v) is 11.2. The Kier molecular flexibility index (Phi) is 5.14. The fraction of sp³-hybridized carbons (Fsp3) is 0.421. The van der Waals surface area contributed by atoms with E-state index >= 15 is 0 Å². The lowest BCUT2D eigenvalue weighted by atomic mass is 10.0. The Morgan fingerprint density at radius 2 is 1.65 bits per heavy atom. The van der Waals surface area contributed by atoms with Gasteiger partial charge in [0.15, 0.2) is 0 Å². The molecule has 2 rings (SSSR count). The normalized spacial score (nSPS) is 12.1. The number of carbonyl (C=O) groups is 1. The molecule has 0 fully saturated rings. The van der Waals surface area contributed by atoms with Crippen LogP contribution < -0.4 is 13.9 Å². The van der Waals surface area contributed by atoms with Crippen molar-refractivity contribution in [2.75, 3.05) is 14.2 Å². The first kappa shape index (κ1) is 19.9. The van der Waals surface area contributed by atoms with Crippen LogP contribution in [0.5, 0.6) is 23.0 Å². The monoisotopic (exact) mass is 378 g/mol. The lowest BCUT2D eigenvalue weighted by Gasteiger charge is -2.37. The van der Waals surface area contributed by atoms with Crippen molar-refractivity contribution < 1.29 is 28.9 Å². The van der Waals surface area contributed by atoms with Gasteiger partial charge in [-0.2, -0.15) is 0 Å². The van der Waals surface area contributed by atoms with E-state index in [0.717, 1.165) is 0 Å². The fourth-order valence-electron chi connectivity index (χ4n) is 2.43. The second kappa shape index (κ2) is 6.72. The summed E-state index contributed by atoms with van der Waals surface area (Å²) in [6, 6.07) is 4.94. The molecule has 7 heteroatoms. The summed E-state index contributed by atoms with van der Waals surface area (Å²) < 4.78 is 16.8. The number of fused-ring (bicyclic) bond motifs is 1. The van der Waals surface area contributed by atoms with E-state index in [1.165, 1.54) is 14.2 Å². The molecule has 2 aromatic rings. The van der Waals surface area contributed by atoms with Crippen LogP contribution in [-0.4, -0.2) is 38.7 Å². The zero-order chi connectivity index (χ0) is 19.9. The zero-order valence-corrected chi connectivity index (χ0v) is 17.3. The molecular weight excluding hydrogens is 352 g/mol. The summed E-state index contributed by atoms with van der Waals surface area (Å²) >= 11 is 0. The van der Waals surface area contributed by atoms with Gasteiger partial charge in [0.05, 0.1) is 19.6 Å². The van der Waals surface area contributed by atoms with Gasteiger partial charge in [0, 0.05) is 6.07 Å². The van der Waals surface area contributed by atoms with E-state index in [4.69, 9.17) is 13.9 Å². The topological polar surface area (TPSA) is 85.2 Å². The highest BCUT2D eigenvalue weighted by molar-refractivity contribution is 6.74. The molecular formula is C19H26O6Si. The van der Waals surface area contributed by atoms with Gasteiger partial charge < -0.3 is 24.1 Å². The predicted octanol–water partition coefficient (Wildman–Crippen LogP) is 4.64. The van der Waals surface area contributed by atoms with Gasteiger partial charge in [-0.3, -0.25) is 0 Å². The summed E-state index contributed by atoms with van der Waals surface area (Å²) in [5, 5.41) is 21.2. The fourth-order valence-corrected chi connectivity index (χ4v) is 3.44. The number of phenols is 1. The van der Waals surface area contributed by atoms with E-state index in [1.54, 1.807) is 18.2 Å². The minimum atomic E-state index is -2.31. The highest BCUT2D eigenvalue weighted by Gasteiger charge is 2.40. The van der Waals surface area contributed by atoms with E-state index in [2.05, 4.69) is 20.8 Å². The first-order chi connectivity index (χ1) is 11.9. The molecule has 0 spiro atoms. The van der Waals surface area contributed by atoms with Crippen molar-refractivity contribution in [2.45, 2.75) is 38.9 Å². The molecule has 0 radical (unpaired) electrons. The number of aromatic carboxylic acids is 1. The lowest BCUT2D eigenvalue weighted by molar-refractivity contribution is 0.0691. The number of carboxylic acids is 1. The highest BCUT2D eigenvalue weighted by Crippen LogP contribution is 2.45. The maximum absolute atomic E-state index is 11.9. The maximum Gasteiger partial charge on any atom is 0.343 e. The molecule has 0 bridgehead atoms. The molecule has 0 saturated carbocycles. The Morgan fingerprint density at radius 3 is 2.12 bits per heavy atom. The summed E-state index contributed by atoms with van der Waals surface area (Å²) in [5.41, 5.74) is -0.259. The molecule has 0 aliphatic heterocycles. The van der Waals surface area contributed by atoms with Crippen LogP contribution in [0.1, 0.15) is 31.1 Å². The number of rotatable bonds is 5. The van der Waals surface area contributed by atoms with Crippen molar-refractivity contribution >= 4 is 25.1 Å². The third-order valence-corrected chi connectivity index (χ3v) is 9.30. The summed E-state index contributed by atoms with van der Waals surface area (Å²) in [4.78, 5) is 11.9. The number of benzene rings is 2. The molecule has 0 heterocycles. The van der Waals surface area contributed by atoms with E-state index < -0.39 is 14.3 Å². The number of hydrogen-bond acceptors (Lipinski definition) is 5.